The van der Waals surface area contributed by atoms with Gasteiger partial charge in [-0.2, -0.15) is 10.2 Å². The Bertz CT molecular complexity index is 601. The van der Waals surface area contributed by atoms with Crippen molar-refractivity contribution >= 4 is 11.0 Å². The summed E-state index contributed by atoms with van der Waals surface area (Å²) in [6.07, 6.45) is 0.686. The maximum atomic E-state index is 10.1. The Labute approximate surface area is 97.5 Å². The third kappa shape index (κ3) is 1.79. The van der Waals surface area contributed by atoms with Gasteiger partial charge >= 0.3 is 0 Å². The zero-order valence-electron chi connectivity index (χ0n) is 8.95. The molecule has 3 rings (SSSR count). The van der Waals surface area contributed by atoms with Gasteiger partial charge in [0.15, 0.2) is 6.10 Å². The van der Waals surface area contributed by atoms with Gasteiger partial charge < -0.3 is 9.52 Å². The fourth-order valence-electron chi connectivity index (χ4n) is 1.74. The van der Waals surface area contributed by atoms with E-state index < -0.39 is 6.10 Å². The molecule has 0 saturated carbocycles. The van der Waals surface area contributed by atoms with Gasteiger partial charge in [-0.1, -0.05) is 18.2 Å². The lowest BCUT2D eigenvalue weighted by molar-refractivity contribution is 0.186. The van der Waals surface area contributed by atoms with Crippen LogP contribution in [0.5, 0.6) is 0 Å². The van der Waals surface area contributed by atoms with Crippen molar-refractivity contribution in [3.63, 3.8) is 0 Å². The zero-order chi connectivity index (χ0) is 11.7. The molecular formula is C13H10N2O2. The standard InChI is InChI=1S/C13H10N2O2/c16-13(10-5-3-7-14-15-10)12-8-9-4-1-2-6-11(9)17-12/h1-8,13,16H. The number of furan rings is 1. The van der Waals surface area contributed by atoms with E-state index >= 15 is 0 Å². The van der Waals surface area contributed by atoms with E-state index in [1.54, 1.807) is 18.3 Å². The first-order valence-electron chi connectivity index (χ1n) is 5.29. The number of aliphatic hydroxyl groups excluding tert-OH is 1. The number of rotatable bonds is 2. The van der Waals surface area contributed by atoms with Crippen LogP contribution in [0.4, 0.5) is 0 Å². The van der Waals surface area contributed by atoms with Crippen LogP contribution in [0.1, 0.15) is 17.6 Å². The number of benzene rings is 1. The summed E-state index contributed by atoms with van der Waals surface area (Å²) in [6, 6.07) is 12.9. The van der Waals surface area contributed by atoms with Crippen LogP contribution in [0.3, 0.4) is 0 Å². The highest BCUT2D eigenvalue weighted by Gasteiger charge is 2.16. The molecule has 4 nitrogen and oxygen atoms in total. The number of aromatic nitrogens is 2. The Balaban J connectivity index is 2.04. The summed E-state index contributed by atoms with van der Waals surface area (Å²) < 4.78 is 5.57. The summed E-state index contributed by atoms with van der Waals surface area (Å²) in [4.78, 5) is 0. The van der Waals surface area contributed by atoms with E-state index in [-0.39, 0.29) is 0 Å². The van der Waals surface area contributed by atoms with Gasteiger partial charge in [0.05, 0.1) is 5.69 Å². The third-order valence-corrected chi connectivity index (χ3v) is 2.59. The molecule has 2 heterocycles. The molecule has 0 saturated heterocycles. The van der Waals surface area contributed by atoms with Gasteiger partial charge in [0, 0.05) is 11.6 Å². The fourth-order valence-corrected chi connectivity index (χ4v) is 1.74. The van der Waals surface area contributed by atoms with Crippen molar-refractivity contribution < 1.29 is 9.52 Å². The maximum Gasteiger partial charge on any atom is 0.155 e. The van der Waals surface area contributed by atoms with E-state index in [4.69, 9.17) is 4.42 Å². The van der Waals surface area contributed by atoms with Gasteiger partial charge in [0.1, 0.15) is 11.3 Å². The Hall–Kier alpha value is -2.20. The minimum absolute atomic E-state index is 0.478. The van der Waals surface area contributed by atoms with Gasteiger partial charge in [-0.25, -0.2) is 0 Å². The van der Waals surface area contributed by atoms with E-state index in [0.29, 0.717) is 11.5 Å². The smallest absolute Gasteiger partial charge is 0.155 e. The summed E-state index contributed by atoms with van der Waals surface area (Å²) in [7, 11) is 0. The van der Waals surface area contributed by atoms with Gasteiger partial charge in [0.2, 0.25) is 0 Å². The van der Waals surface area contributed by atoms with Crippen molar-refractivity contribution in [1.82, 2.24) is 10.2 Å². The Morgan fingerprint density at radius 2 is 2.00 bits per heavy atom. The van der Waals surface area contributed by atoms with Crippen LogP contribution in [0.15, 0.2) is 53.1 Å². The summed E-state index contributed by atoms with van der Waals surface area (Å²) in [5.41, 5.74) is 1.23. The number of fused-ring (bicyclic) bond motifs is 1. The molecule has 4 heteroatoms. The number of hydrogen-bond donors (Lipinski definition) is 1. The Morgan fingerprint density at radius 1 is 1.12 bits per heavy atom. The van der Waals surface area contributed by atoms with Crippen LogP contribution in [-0.4, -0.2) is 15.3 Å². The Morgan fingerprint density at radius 3 is 2.76 bits per heavy atom. The Kier molecular flexibility index (Phi) is 2.34. The first-order valence-corrected chi connectivity index (χ1v) is 5.29. The van der Waals surface area contributed by atoms with E-state index in [0.717, 1.165) is 11.0 Å². The van der Waals surface area contributed by atoms with Crippen molar-refractivity contribution in [1.29, 1.82) is 0 Å². The predicted molar refractivity (Wildman–Crippen MR) is 62.3 cm³/mol. The van der Waals surface area contributed by atoms with Crippen LogP contribution in [0, 0.1) is 0 Å². The van der Waals surface area contributed by atoms with Crippen molar-refractivity contribution in [3.8, 4) is 0 Å². The lowest BCUT2D eigenvalue weighted by Gasteiger charge is -2.04. The third-order valence-electron chi connectivity index (χ3n) is 2.59. The first-order chi connectivity index (χ1) is 8.34. The molecule has 0 aliphatic carbocycles. The lowest BCUT2D eigenvalue weighted by Crippen LogP contribution is -2.01. The number of para-hydroxylation sites is 1. The van der Waals surface area contributed by atoms with E-state index in [9.17, 15) is 5.11 Å². The normalized spacial score (nSPS) is 12.8. The monoisotopic (exact) mass is 226 g/mol. The molecule has 0 spiro atoms. The summed E-state index contributed by atoms with van der Waals surface area (Å²) in [6.45, 7) is 0. The second kappa shape index (κ2) is 3.99. The topological polar surface area (TPSA) is 59.2 Å². The van der Waals surface area contributed by atoms with E-state index in [1.807, 2.05) is 30.3 Å². The number of hydrogen-bond acceptors (Lipinski definition) is 4. The van der Waals surface area contributed by atoms with Crippen molar-refractivity contribution in [2.75, 3.05) is 0 Å². The highest BCUT2D eigenvalue weighted by atomic mass is 16.4. The van der Waals surface area contributed by atoms with Crippen molar-refractivity contribution in [3.05, 3.63) is 60.1 Å². The molecule has 0 radical (unpaired) electrons. The molecule has 0 bridgehead atoms. The summed E-state index contributed by atoms with van der Waals surface area (Å²) in [5.74, 6) is 0.478. The van der Waals surface area contributed by atoms with Crippen LogP contribution < -0.4 is 0 Å². The number of aliphatic hydroxyl groups is 1. The maximum absolute atomic E-state index is 10.1. The van der Waals surface area contributed by atoms with Gasteiger partial charge in [-0.3, -0.25) is 0 Å². The molecule has 0 aliphatic heterocycles. The molecule has 1 unspecified atom stereocenters. The molecule has 2 aromatic heterocycles. The molecule has 1 N–H and O–H groups in total. The van der Waals surface area contributed by atoms with Gasteiger partial charge in [-0.15, -0.1) is 0 Å². The quantitative estimate of drug-likeness (QED) is 0.728. The largest absolute Gasteiger partial charge is 0.458 e. The second-order valence-corrected chi connectivity index (χ2v) is 3.74. The highest BCUT2D eigenvalue weighted by molar-refractivity contribution is 5.77. The van der Waals surface area contributed by atoms with Gasteiger partial charge in [-0.05, 0) is 24.3 Å². The zero-order valence-corrected chi connectivity index (χ0v) is 8.95. The molecular weight excluding hydrogens is 216 g/mol. The minimum Gasteiger partial charge on any atom is -0.458 e. The lowest BCUT2D eigenvalue weighted by atomic mass is 10.2. The fraction of sp³-hybridized carbons (Fsp3) is 0.0769. The first kappa shape index (κ1) is 9.99. The average molecular weight is 226 g/mol. The molecule has 1 atom stereocenters. The predicted octanol–water partition coefficient (Wildman–Crippen LogP) is 2.30. The molecule has 1 aromatic carbocycles. The van der Waals surface area contributed by atoms with Crippen LogP contribution >= 0.6 is 0 Å². The molecule has 84 valence electrons. The van der Waals surface area contributed by atoms with Crippen LogP contribution in [0.2, 0.25) is 0 Å². The van der Waals surface area contributed by atoms with Crippen LogP contribution in [-0.2, 0) is 0 Å². The molecule has 0 amide bonds. The number of nitrogens with zero attached hydrogens (tertiary/aromatic N) is 2. The second-order valence-electron chi connectivity index (χ2n) is 3.74. The van der Waals surface area contributed by atoms with Gasteiger partial charge in [0.25, 0.3) is 0 Å². The summed E-state index contributed by atoms with van der Waals surface area (Å²) >= 11 is 0. The van der Waals surface area contributed by atoms with Crippen LogP contribution in [0.25, 0.3) is 11.0 Å². The average Bonchev–Trinajstić information content (AvgIpc) is 2.82. The van der Waals surface area contributed by atoms with Crippen molar-refractivity contribution in [2.24, 2.45) is 0 Å². The van der Waals surface area contributed by atoms with E-state index in [2.05, 4.69) is 10.2 Å². The highest BCUT2D eigenvalue weighted by Crippen LogP contribution is 2.26. The molecule has 0 aliphatic rings. The molecule has 3 aromatic rings. The molecule has 0 fully saturated rings. The van der Waals surface area contributed by atoms with Crippen molar-refractivity contribution in [2.45, 2.75) is 6.10 Å². The minimum atomic E-state index is -0.879. The summed E-state index contributed by atoms with van der Waals surface area (Å²) in [5, 5.41) is 18.7. The van der Waals surface area contributed by atoms with E-state index in [1.165, 1.54) is 0 Å². The molecule has 17 heavy (non-hydrogen) atoms. The SMILES string of the molecule is OC(c1cccnn1)c1cc2ccccc2o1.